The molecule has 1 N–H and O–H groups in total. The van der Waals surface area contributed by atoms with Crippen molar-refractivity contribution in [2.75, 3.05) is 0 Å². The second kappa shape index (κ2) is 9.85. The zero-order valence-corrected chi connectivity index (χ0v) is 20.9. The van der Waals surface area contributed by atoms with Crippen LogP contribution < -0.4 is 4.74 Å². The highest BCUT2D eigenvalue weighted by Crippen LogP contribution is 2.38. The fraction of sp³-hybridized carbons (Fsp3) is 0.333. The molecule has 1 heterocycles. The first kappa shape index (κ1) is 26.5. The van der Waals surface area contributed by atoms with Gasteiger partial charge in [-0.3, -0.25) is 4.79 Å². The summed E-state index contributed by atoms with van der Waals surface area (Å²) in [7, 11) is 0. The SMILES string of the molecule is CCC(Oc1ccc(C(C)(C)C(=O)c2sc(-c3ccc(C(F)(F)F)cc3)cc2C)cc1C)C(=O)O. The van der Waals surface area contributed by atoms with Crippen molar-refractivity contribution < 1.29 is 32.6 Å². The van der Waals surface area contributed by atoms with E-state index in [4.69, 9.17) is 4.74 Å². The van der Waals surface area contributed by atoms with Crippen LogP contribution in [0.4, 0.5) is 13.2 Å². The summed E-state index contributed by atoms with van der Waals surface area (Å²) in [6.07, 6.45) is -5.04. The monoisotopic (exact) mass is 504 g/mol. The molecule has 1 unspecified atom stereocenters. The number of aliphatic carboxylic acids is 1. The van der Waals surface area contributed by atoms with E-state index < -0.39 is 29.2 Å². The molecule has 0 aliphatic carbocycles. The second-order valence-corrected chi connectivity index (χ2v) is 10.0. The summed E-state index contributed by atoms with van der Waals surface area (Å²) in [5.41, 5.74) is 1.23. The molecule has 0 saturated heterocycles. The van der Waals surface area contributed by atoms with Gasteiger partial charge in [0, 0.05) is 4.88 Å². The van der Waals surface area contributed by atoms with Gasteiger partial charge in [-0.2, -0.15) is 13.2 Å². The van der Waals surface area contributed by atoms with Gasteiger partial charge < -0.3 is 9.84 Å². The molecule has 4 nitrogen and oxygen atoms in total. The lowest BCUT2D eigenvalue weighted by molar-refractivity contribution is -0.145. The van der Waals surface area contributed by atoms with Crippen molar-refractivity contribution in [1.82, 2.24) is 0 Å². The minimum absolute atomic E-state index is 0.108. The first-order valence-electron chi connectivity index (χ1n) is 11.1. The summed E-state index contributed by atoms with van der Waals surface area (Å²) < 4.78 is 44.3. The smallest absolute Gasteiger partial charge is 0.416 e. The van der Waals surface area contributed by atoms with E-state index in [0.717, 1.165) is 33.7 Å². The molecule has 0 aliphatic rings. The van der Waals surface area contributed by atoms with Crippen LogP contribution in [0.5, 0.6) is 5.75 Å². The third kappa shape index (κ3) is 5.59. The predicted molar refractivity (Wildman–Crippen MR) is 130 cm³/mol. The lowest BCUT2D eigenvalue weighted by atomic mass is 9.79. The number of carbonyl (C=O) groups is 2. The van der Waals surface area contributed by atoms with Crippen molar-refractivity contribution in [3.63, 3.8) is 0 Å². The van der Waals surface area contributed by atoms with E-state index in [1.165, 1.54) is 23.5 Å². The highest BCUT2D eigenvalue weighted by Gasteiger charge is 2.34. The van der Waals surface area contributed by atoms with Gasteiger partial charge in [0.2, 0.25) is 0 Å². The molecule has 35 heavy (non-hydrogen) atoms. The van der Waals surface area contributed by atoms with Crippen molar-refractivity contribution in [1.29, 1.82) is 0 Å². The summed E-state index contributed by atoms with van der Waals surface area (Å²) in [5.74, 6) is -0.699. The van der Waals surface area contributed by atoms with Gasteiger partial charge in [-0.25, -0.2) is 4.79 Å². The number of carboxylic acid groups (broad SMARTS) is 1. The lowest BCUT2D eigenvalue weighted by Gasteiger charge is -2.25. The topological polar surface area (TPSA) is 63.6 Å². The maximum atomic E-state index is 13.6. The van der Waals surface area contributed by atoms with Crippen LogP contribution in [-0.2, 0) is 16.4 Å². The number of rotatable bonds is 8. The quantitative estimate of drug-likeness (QED) is 0.324. The highest BCUT2D eigenvalue weighted by atomic mass is 32.1. The number of ether oxygens (including phenoxy) is 1. The average Bonchev–Trinajstić information content (AvgIpc) is 3.18. The molecule has 8 heteroatoms. The van der Waals surface area contributed by atoms with E-state index in [9.17, 15) is 27.9 Å². The molecule has 3 aromatic rings. The van der Waals surface area contributed by atoms with Crippen LogP contribution in [0, 0.1) is 13.8 Å². The minimum atomic E-state index is -4.40. The third-order valence-electron chi connectivity index (χ3n) is 6.00. The zero-order valence-electron chi connectivity index (χ0n) is 20.1. The third-order valence-corrected chi connectivity index (χ3v) is 7.29. The Labute approximate surface area is 206 Å². The molecular weight excluding hydrogens is 477 g/mol. The van der Waals surface area contributed by atoms with Crippen LogP contribution in [0.15, 0.2) is 48.5 Å². The van der Waals surface area contributed by atoms with Crippen LogP contribution in [0.3, 0.4) is 0 Å². The van der Waals surface area contributed by atoms with Gasteiger partial charge >= 0.3 is 12.1 Å². The molecule has 186 valence electrons. The fourth-order valence-corrected chi connectivity index (χ4v) is 5.00. The Kier molecular flexibility index (Phi) is 7.45. The molecule has 0 saturated carbocycles. The maximum Gasteiger partial charge on any atom is 0.416 e. The number of hydrogen-bond acceptors (Lipinski definition) is 4. The van der Waals surface area contributed by atoms with Gasteiger partial charge in [0.15, 0.2) is 11.9 Å². The first-order chi connectivity index (χ1) is 16.3. The number of ketones is 1. The number of benzene rings is 2. The molecule has 1 aromatic heterocycles. The van der Waals surface area contributed by atoms with E-state index in [1.54, 1.807) is 26.0 Å². The van der Waals surface area contributed by atoms with Crippen LogP contribution in [0.25, 0.3) is 10.4 Å². The highest BCUT2D eigenvalue weighted by molar-refractivity contribution is 7.17. The Morgan fingerprint density at radius 2 is 1.57 bits per heavy atom. The second-order valence-electron chi connectivity index (χ2n) is 8.99. The van der Waals surface area contributed by atoms with E-state index in [1.807, 2.05) is 32.9 Å². The summed E-state index contributed by atoms with van der Waals surface area (Å²) in [6, 6.07) is 12.0. The van der Waals surface area contributed by atoms with E-state index >= 15 is 0 Å². The van der Waals surface area contributed by atoms with Crippen LogP contribution >= 0.6 is 11.3 Å². The molecule has 0 radical (unpaired) electrons. The Hall–Kier alpha value is -3.13. The number of hydrogen-bond donors (Lipinski definition) is 1. The molecule has 1 atom stereocenters. The van der Waals surface area contributed by atoms with Gasteiger partial charge in [-0.15, -0.1) is 11.3 Å². The summed E-state index contributed by atoms with van der Waals surface area (Å²) in [5, 5.41) is 9.25. The Morgan fingerprint density at radius 3 is 2.09 bits per heavy atom. The number of thiophene rings is 1. The number of aryl methyl sites for hydroxylation is 2. The van der Waals surface area contributed by atoms with Crippen LogP contribution in [-0.4, -0.2) is 23.0 Å². The van der Waals surface area contributed by atoms with Crippen molar-refractivity contribution in [2.45, 2.75) is 58.7 Å². The van der Waals surface area contributed by atoms with Crippen LogP contribution in [0.1, 0.15) is 59.1 Å². The standard InChI is InChI=1S/C27H27F3O4S/c1-6-20(25(32)33)34-21-12-11-19(13-15(21)2)26(4,5)24(31)23-16(3)14-22(35-23)17-7-9-18(10-8-17)27(28,29)30/h7-14,20H,6H2,1-5H3,(H,32,33). The number of carboxylic acids is 1. The minimum Gasteiger partial charge on any atom is -0.479 e. The summed E-state index contributed by atoms with van der Waals surface area (Å²) >= 11 is 1.26. The largest absolute Gasteiger partial charge is 0.479 e. The van der Waals surface area contributed by atoms with E-state index in [0.29, 0.717) is 22.6 Å². The number of halogens is 3. The first-order valence-corrected chi connectivity index (χ1v) is 11.9. The Morgan fingerprint density at radius 1 is 0.971 bits per heavy atom. The lowest BCUT2D eigenvalue weighted by Crippen LogP contribution is -2.29. The summed E-state index contributed by atoms with van der Waals surface area (Å²) in [4.78, 5) is 26.1. The van der Waals surface area contributed by atoms with Gasteiger partial charge in [0.1, 0.15) is 5.75 Å². The normalized spacial score (nSPS) is 12.9. The van der Waals surface area contributed by atoms with E-state index in [-0.39, 0.29) is 5.78 Å². The number of alkyl halides is 3. The molecule has 0 spiro atoms. The Balaban J connectivity index is 1.88. The van der Waals surface area contributed by atoms with Crippen LogP contribution in [0.2, 0.25) is 0 Å². The van der Waals surface area contributed by atoms with Gasteiger partial charge in [0.05, 0.1) is 15.9 Å². The van der Waals surface area contributed by atoms with Crippen molar-refractivity contribution in [3.05, 3.63) is 75.7 Å². The average molecular weight is 505 g/mol. The summed E-state index contributed by atoms with van der Waals surface area (Å²) in [6.45, 7) is 8.97. The van der Waals surface area contributed by atoms with Gasteiger partial charge in [0.25, 0.3) is 0 Å². The molecular formula is C27H27F3O4S. The Bertz CT molecular complexity index is 1240. The molecule has 0 aliphatic heterocycles. The molecule has 0 bridgehead atoms. The van der Waals surface area contributed by atoms with Gasteiger partial charge in [-0.1, -0.05) is 31.2 Å². The number of carbonyl (C=O) groups excluding carboxylic acids is 1. The van der Waals surface area contributed by atoms with Gasteiger partial charge in [-0.05, 0) is 80.6 Å². The fourth-order valence-electron chi connectivity index (χ4n) is 3.72. The maximum absolute atomic E-state index is 13.6. The molecule has 2 aromatic carbocycles. The molecule has 0 fully saturated rings. The van der Waals surface area contributed by atoms with E-state index in [2.05, 4.69) is 0 Å². The predicted octanol–water partition coefficient (Wildman–Crippen LogP) is 7.45. The van der Waals surface area contributed by atoms with Crippen molar-refractivity contribution in [3.8, 4) is 16.2 Å². The molecule has 3 rings (SSSR count). The van der Waals surface area contributed by atoms with Crippen molar-refractivity contribution >= 4 is 23.1 Å². The zero-order chi connectivity index (χ0) is 26.1. The molecule has 0 amide bonds. The number of Topliss-reactive ketones (excluding diaryl/α,β-unsaturated/α-hetero) is 1. The van der Waals surface area contributed by atoms with Crippen molar-refractivity contribution in [2.24, 2.45) is 0 Å².